The van der Waals surface area contributed by atoms with Crippen molar-refractivity contribution < 1.29 is 0 Å². The summed E-state index contributed by atoms with van der Waals surface area (Å²) in [6, 6.07) is 1.90. The number of hydrogen-bond acceptors (Lipinski definition) is 2. The van der Waals surface area contributed by atoms with Crippen LogP contribution in [-0.2, 0) is 0 Å². The standard InChI is InChI=1S/C4H9N.C4H5N/c2*1-2-3-4-5/h2H,1,3-5H2;2H,1,3H2. The lowest BCUT2D eigenvalue weighted by atomic mass is 10.4. The molecule has 0 fully saturated rings. The van der Waals surface area contributed by atoms with E-state index >= 15 is 0 Å². The molecule has 56 valence electrons. The van der Waals surface area contributed by atoms with Gasteiger partial charge in [0.1, 0.15) is 0 Å². The summed E-state index contributed by atoms with van der Waals surface area (Å²) in [6.45, 7) is 7.52. The molecule has 0 rings (SSSR count). The Kier molecular flexibility index (Phi) is 18.3. The number of nitriles is 1. The Morgan fingerprint density at radius 1 is 1.40 bits per heavy atom. The van der Waals surface area contributed by atoms with E-state index in [-0.39, 0.29) is 0 Å². The van der Waals surface area contributed by atoms with Crippen LogP contribution in [0.4, 0.5) is 0 Å². The molecule has 0 aromatic rings. The monoisotopic (exact) mass is 138 g/mol. The summed E-state index contributed by atoms with van der Waals surface area (Å²) >= 11 is 0. The molecule has 0 saturated carbocycles. The Bertz CT molecular complexity index is 111. The van der Waals surface area contributed by atoms with Crippen LogP contribution < -0.4 is 5.73 Å². The zero-order valence-corrected chi connectivity index (χ0v) is 6.21. The van der Waals surface area contributed by atoms with Crippen LogP contribution >= 0.6 is 0 Å². The van der Waals surface area contributed by atoms with Crippen LogP contribution in [0.2, 0.25) is 0 Å². The van der Waals surface area contributed by atoms with Crippen molar-refractivity contribution in [3.8, 4) is 6.07 Å². The van der Waals surface area contributed by atoms with Crippen molar-refractivity contribution in [2.24, 2.45) is 5.73 Å². The van der Waals surface area contributed by atoms with E-state index in [1.54, 1.807) is 12.2 Å². The first kappa shape index (κ1) is 11.7. The van der Waals surface area contributed by atoms with Crippen molar-refractivity contribution >= 4 is 0 Å². The SMILES string of the molecule is C=CCC#N.C=CCCN. The van der Waals surface area contributed by atoms with Crippen LogP contribution in [0.3, 0.4) is 0 Å². The number of allylic oxidation sites excluding steroid dienone is 1. The van der Waals surface area contributed by atoms with Gasteiger partial charge in [-0.25, -0.2) is 0 Å². The van der Waals surface area contributed by atoms with Gasteiger partial charge in [0.25, 0.3) is 0 Å². The zero-order valence-electron chi connectivity index (χ0n) is 6.21. The fraction of sp³-hybridized carbons (Fsp3) is 0.375. The quantitative estimate of drug-likeness (QED) is 0.602. The van der Waals surface area contributed by atoms with Crippen LogP contribution in [0.5, 0.6) is 0 Å². The zero-order chi connectivity index (χ0) is 8.24. The molecule has 0 aliphatic rings. The molecular weight excluding hydrogens is 124 g/mol. The lowest BCUT2D eigenvalue weighted by molar-refractivity contribution is 1.01. The van der Waals surface area contributed by atoms with E-state index in [2.05, 4.69) is 13.2 Å². The molecular formula is C8H14N2. The van der Waals surface area contributed by atoms with E-state index in [0.717, 1.165) is 13.0 Å². The van der Waals surface area contributed by atoms with E-state index in [0.29, 0.717) is 6.42 Å². The van der Waals surface area contributed by atoms with Gasteiger partial charge in [-0.2, -0.15) is 5.26 Å². The number of hydrogen-bond donors (Lipinski definition) is 1. The van der Waals surface area contributed by atoms with Crippen molar-refractivity contribution in [1.82, 2.24) is 0 Å². The molecule has 0 heterocycles. The molecule has 0 aliphatic carbocycles. The number of nitrogens with two attached hydrogens (primary N) is 1. The molecule has 0 unspecified atom stereocenters. The minimum atomic E-state index is 0.458. The topological polar surface area (TPSA) is 49.8 Å². The predicted octanol–water partition coefficient (Wildman–Crippen LogP) is 1.61. The van der Waals surface area contributed by atoms with E-state index < -0.39 is 0 Å². The fourth-order valence-electron chi connectivity index (χ4n) is 0.182. The van der Waals surface area contributed by atoms with E-state index in [1.165, 1.54) is 0 Å². The third kappa shape index (κ3) is 28.4. The molecule has 10 heavy (non-hydrogen) atoms. The molecule has 0 saturated heterocycles. The highest BCUT2D eigenvalue weighted by atomic mass is 14.5. The largest absolute Gasteiger partial charge is 0.330 e. The van der Waals surface area contributed by atoms with Crippen molar-refractivity contribution in [3.05, 3.63) is 25.3 Å². The van der Waals surface area contributed by atoms with E-state index in [1.807, 2.05) is 6.07 Å². The van der Waals surface area contributed by atoms with Crippen LogP contribution in [0.1, 0.15) is 12.8 Å². The second kappa shape index (κ2) is 15.7. The van der Waals surface area contributed by atoms with Gasteiger partial charge in [0.05, 0.1) is 12.5 Å². The first-order valence-electron chi connectivity index (χ1n) is 3.12. The maximum atomic E-state index is 7.74. The first-order valence-corrected chi connectivity index (χ1v) is 3.12. The Morgan fingerprint density at radius 2 is 2.00 bits per heavy atom. The van der Waals surface area contributed by atoms with Gasteiger partial charge in [-0.1, -0.05) is 12.2 Å². The van der Waals surface area contributed by atoms with Crippen LogP contribution in [0, 0.1) is 11.3 Å². The Hall–Kier alpha value is -1.07. The molecule has 0 atom stereocenters. The van der Waals surface area contributed by atoms with Crippen molar-refractivity contribution in [2.45, 2.75) is 12.8 Å². The average Bonchev–Trinajstić information content (AvgIpc) is 1.93. The number of rotatable bonds is 3. The van der Waals surface area contributed by atoms with Gasteiger partial charge in [-0.3, -0.25) is 0 Å². The Morgan fingerprint density at radius 3 is 2.00 bits per heavy atom. The van der Waals surface area contributed by atoms with Gasteiger partial charge in [-0.15, -0.1) is 13.2 Å². The molecule has 0 spiro atoms. The summed E-state index contributed by atoms with van der Waals surface area (Å²) in [4.78, 5) is 0. The Balaban J connectivity index is 0. The van der Waals surface area contributed by atoms with Crippen LogP contribution in [0.15, 0.2) is 25.3 Å². The third-order valence-electron chi connectivity index (χ3n) is 0.606. The van der Waals surface area contributed by atoms with Crippen molar-refractivity contribution in [3.63, 3.8) is 0 Å². The highest BCUT2D eigenvalue weighted by Crippen LogP contribution is 1.67. The molecule has 0 aliphatic heterocycles. The van der Waals surface area contributed by atoms with Crippen molar-refractivity contribution in [2.75, 3.05) is 6.54 Å². The van der Waals surface area contributed by atoms with Gasteiger partial charge >= 0.3 is 0 Å². The molecule has 0 amide bonds. The summed E-state index contributed by atoms with van der Waals surface area (Å²) in [5.41, 5.74) is 5.07. The molecule has 0 aromatic heterocycles. The minimum absolute atomic E-state index is 0.458. The van der Waals surface area contributed by atoms with Gasteiger partial charge in [0, 0.05) is 0 Å². The van der Waals surface area contributed by atoms with Gasteiger partial charge in [-0.05, 0) is 13.0 Å². The lowest BCUT2D eigenvalue weighted by Crippen LogP contribution is -1.94. The summed E-state index contributed by atoms with van der Waals surface area (Å²) in [5, 5.41) is 7.74. The summed E-state index contributed by atoms with van der Waals surface area (Å²) in [5.74, 6) is 0. The normalized spacial score (nSPS) is 6.40. The van der Waals surface area contributed by atoms with Gasteiger partial charge in [0.15, 0.2) is 0 Å². The maximum Gasteiger partial charge on any atom is 0.0663 e. The highest BCUT2D eigenvalue weighted by molar-refractivity contribution is 4.82. The second-order valence-corrected chi connectivity index (χ2v) is 1.52. The molecule has 0 radical (unpaired) electrons. The van der Waals surface area contributed by atoms with E-state index in [9.17, 15) is 0 Å². The van der Waals surface area contributed by atoms with Crippen molar-refractivity contribution in [1.29, 1.82) is 5.26 Å². The average molecular weight is 138 g/mol. The summed E-state index contributed by atoms with van der Waals surface area (Å²) in [6.07, 6.45) is 4.76. The molecule has 0 aromatic carbocycles. The fourth-order valence-corrected chi connectivity index (χ4v) is 0.182. The molecule has 0 bridgehead atoms. The second-order valence-electron chi connectivity index (χ2n) is 1.52. The van der Waals surface area contributed by atoms with Gasteiger partial charge in [0.2, 0.25) is 0 Å². The molecule has 2 heteroatoms. The molecule has 2 nitrogen and oxygen atoms in total. The van der Waals surface area contributed by atoms with E-state index in [4.69, 9.17) is 11.0 Å². The summed E-state index contributed by atoms with van der Waals surface area (Å²) in [7, 11) is 0. The molecule has 2 N–H and O–H groups in total. The lowest BCUT2D eigenvalue weighted by Gasteiger charge is -1.74. The van der Waals surface area contributed by atoms with Crippen LogP contribution in [-0.4, -0.2) is 6.54 Å². The predicted molar refractivity (Wildman–Crippen MR) is 44.3 cm³/mol. The van der Waals surface area contributed by atoms with Crippen LogP contribution in [0.25, 0.3) is 0 Å². The smallest absolute Gasteiger partial charge is 0.0663 e. The summed E-state index contributed by atoms with van der Waals surface area (Å²) < 4.78 is 0. The maximum absolute atomic E-state index is 7.74. The third-order valence-corrected chi connectivity index (χ3v) is 0.606. The Labute approximate surface area is 62.7 Å². The van der Waals surface area contributed by atoms with Gasteiger partial charge < -0.3 is 5.73 Å². The highest BCUT2D eigenvalue weighted by Gasteiger charge is 1.61. The minimum Gasteiger partial charge on any atom is -0.330 e. The number of nitrogens with zero attached hydrogens (tertiary/aromatic N) is 1. The first-order chi connectivity index (χ1) is 4.83.